The number of amides is 2. The van der Waals surface area contributed by atoms with Crippen LogP contribution < -0.4 is 15.0 Å². The van der Waals surface area contributed by atoms with E-state index in [2.05, 4.69) is 17.1 Å². The second-order valence-corrected chi connectivity index (χ2v) is 7.23. The van der Waals surface area contributed by atoms with Gasteiger partial charge in [0.15, 0.2) is 6.61 Å². The van der Waals surface area contributed by atoms with Crippen LogP contribution in [0.5, 0.6) is 5.75 Å². The molecule has 0 radical (unpaired) electrons. The molecule has 2 amide bonds. The zero-order chi connectivity index (χ0) is 21.3. The monoisotopic (exact) mass is 411 g/mol. The molecule has 7 nitrogen and oxygen atoms in total. The maximum Gasteiger partial charge on any atom is 0.260 e. The molecule has 2 aromatic carbocycles. The molecule has 1 saturated heterocycles. The fraction of sp³-hybridized carbons (Fsp3) is 0.391. The number of hydrogen-bond donors (Lipinski definition) is 1. The maximum atomic E-state index is 12.3. The number of benzene rings is 2. The third kappa shape index (κ3) is 6.22. The van der Waals surface area contributed by atoms with Crippen LogP contribution in [-0.2, 0) is 20.7 Å². The van der Waals surface area contributed by atoms with Crippen LogP contribution >= 0.6 is 0 Å². The number of rotatable bonds is 8. The molecule has 0 aromatic heterocycles. The molecule has 1 heterocycles. The molecular formula is C23H29N3O4. The summed E-state index contributed by atoms with van der Waals surface area (Å²) in [5, 5.41) is 2.83. The Kier molecular flexibility index (Phi) is 7.68. The van der Waals surface area contributed by atoms with Gasteiger partial charge in [-0.2, -0.15) is 0 Å². The van der Waals surface area contributed by atoms with Gasteiger partial charge in [0.1, 0.15) is 5.75 Å². The van der Waals surface area contributed by atoms with E-state index in [9.17, 15) is 9.59 Å². The number of likely N-dealkylation sites (N-methyl/N-ethyl adjacent to an activating group) is 1. The molecule has 160 valence electrons. The predicted molar refractivity (Wildman–Crippen MR) is 117 cm³/mol. The van der Waals surface area contributed by atoms with Crippen LogP contribution in [0.4, 0.5) is 11.4 Å². The first-order valence-electron chi connectivity index (χ1n) is 10.2. The van der Waals surface area contributed by atoms with Crippen molar-refractivity contribution in [1.82, 2.24) is 4.90 Å². The number of ether oxygens (including phenoxy) is 2. The molecule has 2 aromatic rings. The fourth-order valence-electron chi connectivity index (χ4n) is 3.19. The van der Waals surface area contributed by atoms with Crippen LogP contribution in [-0.4, -0.2) is 63.2 Å². The number of nitrogens with zero attached hydrogens (tertiary/aromatic N) is 2. The van der Waals surface area contributed by atoms with E-state index in [0.717, 1.165) is 44.0 Å². The highest BCUT2D eigenvalue weighted by Crippen LogP contribution is 2.19. The summed E-state index contributed by atoms with van der Waals surface area (Å²) in [4.78, 5) is 28.2. The first-order valence-corrected chi connectivity index (χ1v) is 10.2. The second kappa shape index (κ2) is 10.6. The topological polar surface area (TPSA) is 71.1 Å². The van der Waals surface area contributed by atoms with E-state index in [0.29, 0.717) is 11.4 Å². The molecule has 7 heteroatoms. The molecule has 0 aliphatic carbocycles. The van der Waals surface area contributed by atoms with Crippen molar-refractivity contribution in [3.05, 3.63) is 54.1 Å². The summed E-state index contributed by atoms with van der Waals surface area (Å²) < 4.78 is 10.9. The summed E-state index contributed by atoms with van der Waals surface area (Å²) >= 11 is 0. The lowest BCUT2D eigenvalue weighted by Crippen LogP contribution is -2.37. The molecular weight excluding hydrogens is 382 g/mol. The lowest BCUT2D eigenvalue weighted by atomic mass is 10.2. The van der Waals surface area contributed by atoms with Crippen LogP contribution in [0.15, 0.2) is 48.5 Å². The van der Waals surface area contributed by atoms with Gasteiger partial charge in [-0.3, -0.25) is 9.59 Å². The Morgan fingerprint density at radius 1 is 1.13 bits per heavy atom. The van der Waals surface area contributed by atoms with Gasteiger partial charge in [-0.1, -0.05) is 19.1 Å². The Bertz CT molecular complexity index is 848. The van der Waals surface area contributed by atoms with Crippen molar-refractivity contribution in [3.63, 3.8) is 0 Å². The van der Waals surface area contributed by atoms with Crippen LogP contribution in [0.2, 0.25) is 0 Å². The van der Waals surface area contributed by atoms with Crippen molar-refractivity contribution < 1.29 is 19.1 Å². The highest BCUT2D eigenvalue weighted by molar-refractivity contribution is 5.94. The van der Waals surface area contributed by atoms with Gasteiger partial charge in [-0.05, 0) is 48.4 Å². The number of hydrogen-bond acceptors (Lipinski definition) is 5. The summed E-state index contributed by atoms with van der Waals surface area (Å²) in [6.45, 7) is 5.10. The summed E-state index contributed by atoms with van der Waals surface area (Å²) in [6.07, 6.45) is 0.901. The normalized spacial score (nSPS) is 13.6. The van der Waals surface area contributed by atoms with E-state index >= 15 is 0 Å². The van der Waals surface area contributed by atoms with Crippen molar-refractivity contribution in [1.29, 1.82) is 0 Å². The quantitative estimate of drug-likeness (QED) is 0.723. The highest BCUT2D eigenvalue weighted by Gasteiger charge is 2.15. The van der Waals surface area contributed by atoms with Gasteiger partial charge >= 0.3 is 0 Å². The minimum atomic E-state index is -0.255. The highest BCUT2D eigenvalue weighted by atomic mass is 16.5. The van der Waals surface area contributed by atoms with Crippen molar-refractivity contribution in [2.24, 2.45) is 0 Å². The molecule has 1 aliphatic heterocycles. The molecule has 0 bridgehead atoms. The van der Waals surface area contributed by atoms with Gasteiger partial charge in [0.05, 0.1) is 19.8 Å². The second-order valence-electron chi connectivity index (χ2n) is 7.23. The Morgan fingerprint density at radius 3 is 2.57 bits per heavy atom. The minimum absolute atomic E-state index is 0.0393. The standard InChI is InChI=1S/C23H29N3O4/c1-3-18-5-4-6-21(15-18)30-17-23(28)25(2)16-22(27)24-19-7-9-20(10-8-19)26-11-13-29-14-12-26/h4-10,15H,3,11-14,16-17H2,1-2H3,(H,24,27). The number of morpholine rings is 1. The third-order valence-corrected chi connectivity index (χ3v) is 5.00. The lowest BCUT2D eigenvalue weighted by molar-refractivity contribution is -0.135. The smallest absolute Gasteiger partial charge is 0.260 e. The summed E-state index contributed by atoms with van der Waals surface area (Å²) in [6, 6.07) is 15.4. The minimum Gasteiger partial charge on any atom is -0.484 e. The Balaban J connectivity index is 1.44. The molecule has 30 heavy (non-hydrogen) atoms. The number of anilines is 2. The van der Waals surface area contributed by atoms with Gasteiger partial charge in [0.2, 0.25) is 5.91 Å². The van der Waals surface area contributed by atoms with E-state index < -0.39 is 0 Å². The van der Waals surface area contributed by atoms with Gasteiger partial charge in [-0.25, -0.2) is 0 Å². The molecule has 1 fully saturated rings. The Labute approximate surface area is 177 Å². The Morgan fingerprint density at radius 2 is 1.87 bits per heavy atom. The average Bonchev–Trinajstić information content (AvgIpc) is 2.78. The molecule has 0 atom stereocenters. The van der Waals surface area contributed by atoms with Gasteiger partial charge in [0.25, 0.3) is 5.91 Å². The van der Waals surface area contributed by atoms with Crippen LogP contribution in [0.3, 0.4) is 0 Å². The molecule has 0 unspecified atom stereocenters. The van der Waals surface area contributed by atoms with Gasteiger partial charge in [0, 0.05) is 31.5 Å². The average molecular weight is 412 g/mol. The number of carbonyl (C=O) groups excluding carboxylic acids is 2. The first-order chi connectivity index (χ1) is 14.5. The lowest BCUT2D eigenvalue weighted by Gasteiger charge is -2.28. The van der Waals surface area contributed by atoms with E-state index in [-0.39, 0.29) is 25.0 Å². The zero-order valence-electron chi connectivity index (χ0n) is 17.6. The van der Waals surface area contributed by atoms with Gasteiger partial charge < -0.3 is 24.6 Å². The SMILES string of the molecule is CCc1cccc(OCC(=O)N(C)CC(=O)Nc2ccc(N3CCOCC3)cc2)c1. The van der Waals surface area contributed by atoms with Crippen molar-refractivity contribution >= 4 is 23.2 Å². The molecule has 0 spiro atoms. The number of aryl methyl sites for hydroxylation is 1. The van der Waals surface area contributed by atoms with Crippen molar-refractivity contribution in [3.8, 4) is 5.75 Å². The van der Waals surface area contributed by atoms with Crippen molar-refractivity contribution in [2.75, 3.05) is 56.7 Å². The fourth-order valence-corrected chi connectivity index (χ4v) is 3.19. The predicted octanol–water partition coefficient (Wildman–Crippen LogP) is 2.56. The molecule has 0 saturated carbocycles. The Hall–Kier alpha value is -3.06. The molecule has 3 rings (SSSR count). The van der Waals surface area contributed by atoms with E-state index in [1.165, 1.54) is 4.90 Å². The van der Waals surface area contributed by atoms with Crippen molar-refractivity contribution in [2.45, 2.75) is 13.3 Å². The van der Waals surface area contributed by atoms with E-state index in [1.54, 1.807) is 7.05 Å². The largest absolute Gasteiger partial charge is 0.484 e. The van der Waals surface area contributed by atoms with E-state index in [1.807, 2.05) is 48.5 Å². The zero-order valence-corrected chi connectivity index (χ0v) is 17.6. The van der Waals surface area contributed by atoms with Gasteiger partial charge in [-0.15, -0.1) is 0 Å². The number of nitrogens with one attached hydrogen (secondary N) is 1. The summed E-state index contributed by atoms with van der Waals surface area (Å²) in [5.41, 5.74) is 2.95. The molecule has 1 aliphatic rings. The summed E-state index contributed by atoms with van der Waals surface area (Å²) in [5.74, 6) is 0.147. The van der Waals surface area contributed by atoms with E-state index in [4.69, 9.17) is 9.47 Å². The van der Waals surface area contributed by atoms with Crippen LogP contribution in [0, 0.1) is 0 Å². The maximum absolute atomic E-state index is 12.3. The third-order valence-electron chi connectivity index (χ3n) is 5.00. The first kappa shape index (κ1) is 21.6. The number of carbonyl (C=O) groups is 2. The summed E-state index contributed by atoms with van der Waals surface area (Å²) in [7, 11) is 1.59. The van der Waals surface area contributed by atoms with Crippen LogP contribution in [0.25, 0.3) is 0 Å². The molecule has 1 N–H and O–H groups in total. The van der Waals surface area contributed by atoms with Crippen LogP contribution in [0.1, 0.15) is 12.5 Å².